The molecule has 5 nitrogen and oxygen atoms in total. The summed E-state index contributed by atoms with van der Waals surface area (Å²) in [7, 11) is 4.00. The summed E-state index contributed by atoms with van der Waals surface area (Å²) in [5.74, 6) is -0.160. The molecule has 2 aromatic carbocycles. The Morgan fingerprint density at radius 2 is 1.86 bits per heavy atom. The molecule has 0 unspecified atom stereocenters. The molecule has 0 aliphatic carbocycles. The molecule has 4 rings (SSSR count). The predicted octanol–water partition coefficient (Wildman–Crippen LogP) is 4.78. The Balaban J connectivity index is 1.39. The molecular formula is C22H20N4OS. The van der Waals surface area contributed by atoms with Crippen molar-refractivity contribution in [2.45, 2.75) is 0 Å². The highest BCUT2D eigenvalue weighted by molar-refractivity contribution is 7.15. The lowest BCUT2D eigenvalue weighted by Crippen LogP contribution is -2.08. The topological polar surface area (TPSA) is 49.6 Å². The summed E-state index contributed by atoms with van der Waals surface area (Å²) >= 11 is 1.60. The van der Waals surface area contributed by atoms with Gasteiger partial charge in [0, 0.05) is 54.9 Å². The van der Waals surface area contributed by atoms with Crippen LogP contribution >= 0.6 is 11.3 Å². The van der Waals surface area contributed by atoms with Crippen molar-refractivity contribution in [2.75, 3.05) is 24.3 Å². The first kappa shape index (κ1) is 18.0. The van der Waals surface area contributed by atoms with Gasteiger partial charge in [-0.05, 0) is 35.9 Å². The third-order valence-electron chi connectivity index (χ3n) is 4.38. The van der Waals surface area contributed by atoms with Gasteiger partial charge in [-0.3, -0.25) is 9.20 Å². The van der Waals surface area contributed by atoms with Crippen LogP contribution < -0.4 is 10.2 Å². The van der Waals surface area contributed by atoms with Crippen LogP contribution in [0.4, 0.5) is 11.4 Å². The van der Waals surface area contributed by atoms with Crippen LogP contribution in [0.25, 0.3) is 22.3 Å². The average molecular weight is 388 g/mol. The summed E-state index contributed by atoms with van der Waals surface area (Å²) in [5, 5.41) is 4.89. The fourth-order valence-corrected chi connectivity index (χ4v) is 3.53. The average Bonchev–Trinajstić information content (AvgIpc) is 3.29. The molecule has 1 amide bonds. The molecule has 0 saturated heterocycles. The van der Waals surface area contributed by atoms with E-state index in [0.29, 0.717) is 0 Å². The highest BCUT2D eigenvalue weighted by atomic mass is 32.1. The van der Waals surface area contributed by atoms with Crippen LogP contribution in [-0.2, 0) is 4.79 Å². The second-order valence-corrected chi connectivity index (χ2v) is 7.48. The Kier molecular flexibility index (Phi) is 4.95. The van der Waals surface area contributed by atoms with Gasteiger partial charge in [-0.2, -0.15) is 0 Å². The predicted molar refractivity (Wildman–Crippen MR) is 117 cm³/mol. The number of aromatic nitrogens is 2. The summed E-state index contributed by atoms with van der Waals surface area (Å²) in [6.45, 7) is 0. The molecule has 0 atom stereocenters. The van der Waals surface area contributed by atoms with E-state index in [1.165, 1.54) is 0 Å². The minimum atomic E-state index is -0.160. The summed E-state index contributed by atoms with van der Waals surface area (Å²) in [6.07, 6.45) is 7.35. The first-order chi connectivity index (χ1) is 13.6. The van der Waals surface area contributed by atoms with E-state index in [4.69, 9.17) is 0 Å². The molecule has 28 heavy (non-hydrogen) atoms. The highest BCUT2D eigenvalue weighted by Crippen LogP contribution is 2.23. The standard InChI is InChI=1S/C22H20N4OS/c1-25(2)19-10-3-16(4-11-19)5-12-21(27)23-18-8-6-17(7-9-18)20-15-26-13-14-28-22(26)24-20/h3-15H,1-2H3,(H,23,27)/b12-5+. The molecule has 0 fully saturated rings. The van der Waals surface area contributed by atoms with Gasteiger partial charge in [-0.25, -0.2) is 4.98 Å². The van der Waals surface area contributed by atoms with Crippen molar-refractivity contribution in [3.8, 4) is 11.3 Å². The summed E-state index contributed by atoms with van der Waals surface area (Å²) in [5.41, 5.74) is 4.80. The first-order valence-corrected chi connectivity index (χ1v) is 9.75. The van der Waals surface area contributed by atoms with Gasteiger partial charge in [0.05, 0.1) is 5.69 Å². The summed E-state index contributed by atoms with van der Waals surface area (Å²) in [4.78, 5) is 19.8. The number of hydrogen-bond donors (Lipinski definition) is 1. The van der Waals surface area contributed by atoms with Crippen LogP contribution in [0.2, 0.25) is 0 Å². The Bertz CT molecular complexity index is 1090. The van der Waals surface area contributed by atoms with Gasteiger partial charge >= 0.3 is 0 Å². The lowest BCUT2D eigenvalue weighted by molar-refractivity contribution is -0.111. The monoisotopic (exact) mass is 388 g/mol. The number of fused-ring (bicyclic) bond motifs is 1. The molecule has 0 spiro atoms. The number of rotatable bonds is 5. The second-order valence-electron chi connectivity index (χ2n) is 6.60. The zero-order valence-electron chi connectivity index (χ0n) is 15.7. The van der Waals surface area contributed by atoms with Crippen molar-refractivity contribution < 1.29 is 4.79 Å². The molecule has 0 aliphatic heterocycles. The normalized spacial score (nSPS) is 11.2. The molecule has 2 aromatic heterocycles. The fourth-order valence-electron chi connectivity index (χ4n) is 2.83. The van der Waals surface area contributed by atoms with E-state index in [2.05, 4.69) is 10.3 Å². The lowest BCUT2D eigenvalue weighted by Gasteiger charge is -2.11. The van der Waals surface area contributed by atoms with Crippen molar-refractivity contribution in [1.29, 1.82) is 0 Å². The summed E-state index contributed by atoms with van der Waals surface area (Å²) in [6, 6.07) is 15.7. The van der Waals surface area contributed by atoms with Crippen LogP contribution in [0.1, 0.15) is 5.56 Å². The van der Waals surface area contributed by atoms with Crippen molar-refractivity contribution in [3.05, 3.63) is 77.9 Å². The maximum atomic E-state index is 12.2. The van der Waals surface area contributed by atoms with Gasteiger partial charge in [0.25, 0.3) is 0 Å². The fraction of sp³-hybridized carbons (Fsp3) is 0.0909. The lowest BCUT2D eigenvalue weighted by atomic mass is 10.1. The number of carbonyl (C=O) groups excluding carboxylic acids is 1. The van der Waals surface area contributed by atoms with E-state index >= 15 is 0 Å². The SMILES string of the molecule is CN(C)c1ccc(/C=C/C(=O)Nc2ccc(-c3cn4ccsc4n3)cc2)cc1. The molecule has 0 radical (unpaired) electrons. The maximum Gasteiger partial charge on any atom is 0.248 e. The van der Waals surface area contributed by atoms with Crippen LogP contribution in [0.15, 0.2) is 72.4 Å². The third kappa shape index (κ3) is 3.97. The van der Waals surface area contributed by atoms with E-state index < -0.39 is 0 Å². The Labute approximate surface area is 167 Å². The zero-order valence-corrected chi connectivity index (χ0v) is 16.5. The van der Waals surface area contributed by atoms with Crippen molar-refractivity contribution in [1.82, 2.24) is 9.38 Å². The minimum absolute atomic E-state index is 0.160. The van der Waals surface area contributed by atoms with E-state index in [0.717, 1.165) is 33.2 Å². The number of imidazole rings is 1. The van der Waals surface area contributed by atoms with E-state index in [-0.39, 0.29) is 5.91 Å². The number of carbonyl (C=O) groups is 1. The molecular weight excluding hydrogens is 368 g/mol. The molecule has 140 valence electrons. The maximum absolute atomic E-state index is 12.2. The van der Waals surface area contributed by atoms with E-state index in [1.807, 2.05) is 89.7 Å². The van der Waals surface area contributed by atoms with Gasteiger partial charge in [0.2, 0.25) is 5.91 Å². The Hall–Kier alpha value is -3.38. The number of amides is 1. The zero-order chi connectivity index (χ0) is 19.5. The van der Waals surface area contributed by atoms with Crippen LogP contribution in [-0.4, -0.2) is 29.4 Å². The molecule has 0 aliphatic rings. The Morgan fingerprint density at radius 1 is 1.11 bits per heavy atom. The molecule has 0 bridgehead atoms. The summed E-state index contributed by atoms with van der Waals surface area (Å²) < 4.78 is 2.01. The van der Waals surface area contributed by atoms with Crippen LogP contribution in [0.5, 0.6) is 0 Å². The van der Waals surface area contributed by atoms with Gasteiger partial charge < -0.3 is 10.2 Å². The number of nitrogens with one attached hydrogen (secondary N) is 1. The van der Waals surface area contributed by atoms with Gasteiger partial charge in [-0.1, -0.05) is 24.3 Å². The molecule has 4 aromatic rings. The van der Waals surface area contributed by atoms with Crippen molar-refractivity contribution >= 4 is 39.7 Å². The number of benzene rings is 2. The van der Waals surface area contributed by atoms with E-state index in [9.17, 15) is 4.79 Å². The van der Waals surface area contributed by atoms with Gasteiger partial charge in [0.15, 0.2) is 4.96 Å². The molecule has 6 heteroatoms. The minimum Gasteiger partial charge on any atom is -0.378 e. The second kappa shape index (κ2) is 7.70. The quantitative estimate of drug-likeness (QED) is 0.501. The van der Waals surface area contributed by atoms with Crippen LogP contribution in [0, 0.1) is 0 Å². The Morgan fingerprint density at radius 3 is 2.54 bits per heavy atom. The number of thiazole rings is 1. The number of nitrogens with zero attached hydrogens (tertiary/aromatic N) is 3. The van der Waals surface area contributed by atoms with Gasteiger partial charge in [-0.15, -0.1) is 11.3 Å². The smallest absolute Gasteiger partial charge is 0.248 e. The number of anilines is 2. The third-order valence-corrected chi connectivity index (χ3v) is 5.15. The largest absolute Gasteiger partial charge is 0.378 e. The van der Waals surface area contributed by atoms with Gasteiger partial charge in [0.1, 0.15) is 0 Å². The molecule has 1 N–H and O–H groups in total. The molecule has 0 saturated carbocycles. The van der Waals surface area contributed by atoms with E-state index in [1.54, 1.807) is 23.5 Å². The van der Waals surface area contributed by atoms with Crippen molar-refractivity contribution in [2.24, 2.45) is 0 Å². The number of hydrogen-bond acceptors (Lipinski definition) is 4. The first-order valence-electron chi connectivity index (χ1n) is 8.87. The van der Waals surface area contributed by atoms with Crippen LogP contribution in [0.3, 0.4) is 0 Å². The van der Waals surface area contributed by atoms with Crippen molar-refractivity contribution in [3.63, 3.8) is 0 Å². The molecule has 2 heterocycles. The highest BCUT2D eigenvalue weighted by Gasteiger charge is 2.06.